The minimum absolute atomic E-state index is 0.280. The lowest BCUT2D eigenvalue weighted by atomic mass is 10.1. The second-order valence-electron chi connectivity index (χ2n) is 4.26. The van der Waals surface area contributed by atoms with E-state index < -0.39 is 10.0 Å². The Hall–Kier alpha value is -1.11. The molecule has 2 rings (SSSR count). The number of hydrogen-bond donors (Lipinski definition) is 2. The first-order valence-electron chi connectivity index (χ1n) is 6.00. The standard InChI is InChI=1S/C12H18N2O3S/c1-13-18(15,16)12-4-2-10(3-5-12)14-11-6-8-17-9-7-11/h2-5,11,13-14H,6-9H2,1H3. The zero-order valence-electron chi connectivity index (χ0n) is 10.3. The fraction of sp³-hybridized carbons (Fsp3) is 0.500. The van der Waals surface area contributed by atoms with E-state index in [2.05, 4.69) is 10.0 Å². The van der Waals surface area contributed by atoms with E-state index >= 15 is 0 Å². The summed E-state index contributed by atoms with van der Waals surface area (Å²) >= 11 is 0. The first-order chi connectivity index (χ1) is 8.62. The molecule has 0 unspecified atom stereocenters. The van der Waals surface area contributed by atoms with E-state index in [9.17, 15) is 8.42 Å². The first kappa shape index (κ1) is 13.3. The third-order valence-electron chi connectivity index (χ3n) is 3.03. The zero-order chi connectivity index (χ0) is 13.0. The summed E-state index contributed by atoms with van der Waals surface area (Å²) in [6.07, 6.45) is 1.97. The van der Waals surface area contributed by atoms with Crippen LogP contribution in [0.1, 0.15) is 12.8 Å². The minimum Gasteiger partial charge on any atom is -0.382 e. The van der Waals surface area contributed by atoms with Crippen molar-refractivity contribution in [1.82, 2.24) is 4.72 Å². The van der Waals surface area contributed by atoms with Gasteiger partial charge in [-0.05, 0) is 44.2 Å². The number of rotatable bonds is 4. The number of hydrogen-bond acceptors (Lipinski definition) is 4. The third-order valence-corrected chi connectivity index (χ3v) is 4.46. The number of benzene rings is 1. The van der Waals surface area contributed by atoms with Crippen LogP contribution in [0.25, 0.3) is 0 Å². The van der Waals surface area contributed by atoms with Gasteiger partial charge in [-0.25, -0.2) is 13.1 Å². The maximum atomic E-state index is 11.6. The molecule has 0 saturated carbocycles. The maximum absolute atomic E-state index is 11.6. The van der Waals surface area contributed by atoms with Crippen molar-refractivity contribution in [1.29, 1.82) is 0 Å². The smallest absolute Gasteiger partial charge is 0.240 e. The van der Waals surface area contributed by atoms with Crippen molar-refractivity contribution >= 4 is 15.7 Å². The Labute approximate surface area is 108 Å². The molecule has 1 saturated heterocycles. The van der Waals surface area contributed by atoms with Crippen LogP contribution < -0.4 is 10.0 Å². The molecule has 0 spiro atoms. The van der Waals surface area contributed by atoms with Crippen LogP contribution in [0.2, 0.25) is 0 Å². The number of anilines is 1. The van der Waals surface area contributed by atoms with Gasteiger partial charge in [0, 0.05) is 24.9 Å². The number of nitrogens with one attached hydrogen (secondary N) is 2. The molecular formula is C12H18N2O3S. The van der Waals surface area contributed by atoms with Gasteiger partial charge in [0.15, 0.2) is 0 Å². The van der Waals surface area contributed by atoms with Crippen LogP contribution in [0.5, 0.6) is 0 Å². The molecule has 0 bridgehead atoms. The summed E-state index contributed by atoms with van der Waals surface area (Å²) < 4.78 is 30.7. The molecule has 0 amide bonds. The highest BCUT2D eigenvalue weighted by atomic mass is 32.2. The Morgan fingerprint density at radius 1 is 1.17 bits per heavy atom. The highest BCUT2D eigenvalue weighted by molar-refractivity contribution is 7.89. The van der Waals surface area contributed by atoms with Gasteiger partial charge < -0.3 is 10.1 Å². The third kappa shape index (κ3) is 3.22. The van der Waals surface area contributed by atoms with E-state index in [1.54, 1.807) is 24.3 Å². The Morgan fingerprint density at radius 3 is 2.33 bits per heavy atom. The van der Waals surface area contributed by atoms with Crippen LogP contribution in [0, 0.1) is 0 Å². The summed E-state index contributed by atoms with van der Waals surface area (Å²) in [7, 11) is -1.94. The van der Waals surface area contributed by atoms with Gasteiger partial charge >= 0.3 is 0 Å². The number of sulfonamides is 1. The summed E-state index contributed by atoms with van der Waals surface area (Å²) in [6, 6.07) is 7.20. The van der Waals surface area contributed by atoms with E-state index in [4.69, 9.17) is 4.74 Å². The molecule has 1 heterocycles. The van der Waals surface area contributed by atoms with E-state index in [0.717, 1.165) is 31.7 Å². The summed E-state index contributed by atoms with van der Waals surface area (Å²) in [5.74, 6) is 0. The minimum atomic E-state index is -3.35. The van der Waals surface area contributed by atoms with Crippen LogP contribution in [-0.2, 0) is 14.8 Å². The lowest BCUT2D eigenvalue weighted by molar-refractivity contribution is 0.0904. The molecular weight excluding hydrogens is 252 g/mol. The lowest BCUT2D eigenvalue weighted by Crippen LogP contribution is -2.27. The van der Waals surface area contributed by atoms with Gasteiger partial charge in [0.1, 0.15) is 0 Å². The van der Waals surface area contributed by atoms with E-state index in [-0.39, 0.29) is 4.90 Å². The van der Waals surface area contributed by atoms with Gasteiger partial charge in [0.25, 0.3) is 0 Å². The second kappa shape index (κ2) is 5.69. The number of ether oxygens (including phenoxy) is 1. The van der Waals surface area contributed by atoms with Gasteiger partial charge in [-0.15, -0.1) is 0 Å². The summed E-state index contributed by atoms with van der Waals surface area (Å²) in [6.45, 7) is 1.56. The van der Waals surface area contributed by atoms with Crippen LogP contribution in [0.4, 0.5) is 5.69 Å². The fourth-order valence-electron chi connectivity index (χ4n) is 1.93. The Kier molecular flexibility index (Phi) is 4.21. The van der Waals surface area contributed by atoms with Crippen molar-refractivity contribution in [2.24, 2.45) is 0 Å². The van der Waals surface area contributed by atoms with Gasteiger partial charge in [0.05, 0.1) is 4.90 Å². The van der Waals surface area contributed by atoms with Crippen molar-refractivity contribution in [3.63, 3.8) is 0 Å². The zero-order valence-corrected chi connectivity index (χ0v) is 11.2. The Bertz CT molecular complexity index is 479. The van der Waals surface area contributed by atoms with Crippen molar-refractivity contribution in [2.75, 3.05) is 25.6 Å². The molecule has 1 aliphatic heterocycles. The largest absolute Gasteiger partial charge is 0.382 e. The summed E-state index contributed by atoms with van der Waals surface area (Å²) in [5, 5.41) is 3.38. The van der Waals surface area contributed by atoms with E-state index in [1.165, 1.54) is 7.05 Å². The van der Waals surface area contributed by atoms with E-state index in [0.29, 0.717) is 6.04 Å². The molecule has 5 nitrogen and oxygen atoms in total. The molecule has 100 valence electrons. The van der Waals surface area contributed by atoms with Crippen LogP contribution in [-0.4, -0.2) is 34.7 Å². The summed E-state index contributed by atoms with van der Waals surface area (Å²) in [5.41, 5.74) is 0.942. The van der Waals surface area contributed by atoms with Crippen LogP contribution in [0.3, 0.4) is 0 Å². The predicted molar refractivity (Wildman–Crippen MR) is 70.2 cm³/mol. The summed E-state index contributed by atoms with van der Waals surface area (Å²) in [4.78, 5) is 0.280. The molecule has 1 aliphatic rings. The molecule has 1 aromatic carbocycles. The Balaban J connectivity index is 2.03. The molecule has 18 heavy (non-hydrogen) atoms. The van der Waals surface area contributed by atoms with Crippen LogP contribution in [0.15, 0.2) is 29.2 Å². The normalized spacial score (nSPS) is 17.6. The Morgan fingerprint density at radius 2 is 1.78 bits per heavy atom. The highest BCUT2D eigenvalue weighted by Gasteiger charge is 2.14. The average Bonchev–Trinajstić information content (AvgIpc) is 2.40. The van der Waals surface area contributed by atoms with Gasteiger partial charge in [-0.1, -0.05) is 0 Å². The topological polar surface area (TPSA) is 67.4 Å². The van der Waals surface area contributed by atoms with Crippen LogP contribution >= 0.6 is 0 Å². The monoisotopic (exact) mass is 270 g/mol. The van der Waals surface area contributed by atoms with E-state index in [1.807, 2.05) is 0 Å². The predicted octanol–water partition coefficient (Wildman–Crippen LogP) is 1.19. The fourth-order valence-corrected chi connectivity index (χ4v) is 2.66. The quantitative estimate of drug-likeness (QED) is 0.862. The second-order valence-corrected chi connectivity index (χ2v) is 6.15. The van der Waals surface area contributed by atoms with Crippen molar-refractivity contribution in [3.8, 4) is 0 Å². The highest BCUT2D eigenvalue weighted by Crippen LogP contribution is 2.17. The van der Waals surface area contributed by atoms with Gasteiger partial charge in [-0.3, -0.25) is 0 Å². The van der Waals surface area contributed by atoms with Gasteiger partial charge in [-0.2, -0.15) is 0 Å². The average molecular weight is 270 g/mol. The van der Waals surface area contributed by atoms with Crippen molar-refractivity contribution < 1.29 is 13.2 Å². The SMILES string of the molecule is CNS(=O)(=O)c1ccc(NC2CCOCC2)cc1. The van der Waals surface area contributed by atoms with Crippen molar-refractivity contribution in [2.45, 2.75) is 23.8 Å². The molecule has 0 atom stereocenters. The van der Waals surface area contributed by atoms with Crippen molar-refractivity contribution in [3.05, 3.63) is 24.3 Å². The molecule has 0 aromatic heterocycles. The molecule has 6 heteroatoms. The van der Waals surface area contributed by atoms with Gasteiger partial charge in [0.2, 0.25) is 10.0 Å². The first-order valence-corrected chi connectivity index (χ1v) is 7.48. The molecule has 1 fully saturated rings. The molecule has 2 N–H and O–H groups in total. The maximum Gasteiger partial charge on any atom is 0.240 e. The molecule has 0 aliphatic carbocycles. The molecule has 1 aromatic rings. The lowest BCUT2D eigenvalue weighted by Gasteiger charge is -2.24. The molecule has 0 radical (unpaired) electrons.